The monoisotopic (exact) mass is 397 g/mol. The van der Waals surface area contributed by atoms with Crippen LogP contribution in [-0.4, -0.2) is 52.1 Å². The van der Waals surface area contributed by atoms with Crippen molar-refractivity contribution in [2.45, 2.75) is 44.6 Å². The van der Waals surface area contributed by atoms with Gasteiger partial charge in [-0.3, -0.25) is 19.1 Å². The minimum atomic E-state index is -1.02. The molecule has 1 fully saturated rings. The summed E-state index contributed by atoms with van der Waals surface area (Å²) in [5.74, 6) is -1.01. The fourth-order valence-electron chi connectivity index (χ4n) is 2.59. The molecule has 1 aliphatic heterocycles. The Hall–Kier alpha value is -3.31. The van der Waals surface area contributed by atoms with Crippen molar-refractivity contribution < 1.29 is 28.9 Å². The predicted molar refractivity (Wildman–Crippen MR) is 91.7 cm³/mol. The molecule has 28 heavy (non-hydrogen) atoms. The Kier molecular flexibility index (Phi) is 7.18. The van der Waals surface area contributed by atoms with Crippen LogP contribution in [0.25, 0.3) is 10.4 Å². The number of aromatic amines is 1. The second-order valence-electron chi connectivity index (χ2n) is 6.02. The lowest BCUT2D eigenvalue weighted by atomic mass is 10.1. The molecule has 0 bridgehead atoms. The van der Waals surface area contributed by atoms with Crippen LogP contribution in [0, 0.1) is 6.92 Å². The number of hydrogen-bond acceptors (Lipinski definition) is 8. The highest BCUT2D eigenvalue weighted by Crippen LogP contribution is 2.30. The molecule has 0 unspecified atom stereocenters. The lowest BCUT2D eigenvalue weighted by molar-refractivity contribution is -0.137. The van der Waals surface area contributed by atoms with E-state index in [2.05, 4.69) is 15.0 Å². The summed E-state index contributed by atoms with van der Waals surface area (Å²) in [6.07, 6.45) is -1.20. The third kappa shape index (κ3) is 5.59. The largest absolute Gasteiger partial charge is 0.508 e. The van der Waals surface area contributed by atoms with E-state index >= 15 is 0 Å². The van der Waals surface area contributed by atoms with Crippen molar-refractivity contribution in [1.29, 1.82) is 0 Å². The number of azide groups is 1. The first-order valence-electron chi connectivity index (χ1n) is 8.35. The number of aryl methyl sites for hydroxylation is 1. The highest BCUT2D eigenvalue weighted by atomic mass is 16.7. The van der Waals surface area contributed by atoms with E-state index in [1.807, 2.05) is 0 Å². The van der Waals surface area contributed by atoms with E-state index in [1.54, 1.807) is 0 Å². The van der Waals surface area contributed by atoms with Crippen LogP contribution in [0.3, 0.4) is 0 Å². The Labute approximate surface area is 157 Å². The van der Waals surface area contributed by atoms with Gasteiger partial charge in [0.15, 0.2) is 0 Å². The SMILES string of the molecule is Cc1cn([C@H]2C[C@H](N=[N+]=[N-])[C@@H](COC(=O)OCCCC(=O)O)O2)c(=O)[nH]c1=O. The maximum atomic E-state index is 12.0. The van der Waals surface area contributed by atoms with Crippen molar-refractivity contribution in [3.05, 3.63) is 43.0 Å². The van der Waals surface area contributed by atoms with E-state index in [0.717, 1.165) is 0 Å². The van der Waals surface area contributed by atoms with Gasteiger partial charge in [-0.1, -0.05) is 5.11 Å². The van der Waals surface area contributed by atoms with Crippen LogP contribution in [0.4, 0.5) is 4.79 Å². The number of aromatic nitrogens is 2. The minimum Gasteiger partial charge on any atom is -0.481 e. The Bertz CT molecular complexity index is 887. The number of carboxylic acids is 1. The van der Waals surface area contributed by atoms with Crippen LogP contribution in [0.5, 0.6) is 0 Å². The van der Waals surface area contributed by atoms with Gasteiger partial charge < -0.3 is 19.3 Å². The Balaban J connectivity index is 1.96. The molecule has 152 valence electrons. The van der Waals surface area contributed by atoms with Gasteiger partial charge in [-0.25, -0.2) is 9.59 Å². The summed E-state index contributed by atoms with van der Waals surface area (Å²) in [5, 5.41) is 12.1. The zero-order chi connectivity index (χ0) is 20.7. The number of H-pyrrole nitrogens is 1. The number of carboxylic acid groups (broad SMARTS) is 1. The highest BCUT2D eigenvalue weighted by molar-refractivity contribution is 5.66. The summed E-state index contributed by atoms with van der Waals surface area (Å²) in [4.78, 5) is 50.3. The first kappa shape index (κ1) is 21.0. The fraction of sp³-hybridized carbons (Fsp3) is 0.600. The Morgan fingerprint density at radius 3 is 2.89 bits per heavy atom. The standard InChI is InChI=1S/C15H19N5O8/c1-8-6-20(14(24)17-13(8)23)11-5-9(18-19-16)10(28-11)7-27-15(25)26-4-2-3-12(21)22/h6,9-11H,2-5,7H2,1H3,(H,21,22)(H,17,23,24)/t9-,10+,11+/m0/s1. The first-order chi connectivity index (χ1) is 13.3. The number of carbonyl (C=O) groups is 2. The van der Waals surface area contributed by atoms with E-state index in [0.29, 0.717) is 5.56 Å². The van der Waals surface area contributed by atoms with Crippen molar-refractivity contribution in [1.82, 2.24) is 9.55 Å². The molecule has 2 N–H and O–H groups in total. The molecule has 0 aromatic carbocycles. The van der Waals surface area contributed by atoms with E-state index < -0.39 is 41.7 Å². The average Bonchev–Trinajstić information content (AvgIpc) is 3.03. The van der Waals surface area contributed by atoms with Gasteiger partial charge in [-0.05, 0) is 18.9 Å². The molecule has 0 aliphatic carbocycles. The van der Waals surface area contributed by atoms with Crippen LogP contribution in [-0.2, 0) is 19.0 Å². The van der Waals surface area contributed by atoms with Crippen LogP contribution >= 0.6 is 0 Å². The fourth-order valence-corrected chi connectivity index (χ4v) is 2.59. The summed E-state index contributed by atoms with van der Waals surface area (Å²) < 4.78 is 16.5. The van der Waals surface area contributed by atoms with Crippen LogP contribution in [0.15, 0.2) is 20.9 Å². The van der Waals surface area contributed by atoms with Gasteiger partial charge in [0.2, 0.25) is 0 Å². The van der Waals surface area contributed by atoms with E-state index in [4.69, 9.17) is 24.8 Å². The normalized spacial score (nSPS) is 21.0. The first-order valence-corrected chi connectivity index (χ1v) is 8.35. The second-order valence-corrected chi connectivity index (χ2v) is 6.02. The summed E-state index contributed by atoms with van der Waals surface area (Å²) in [6.45, 7) is 1.11. The topological polar surface area (TPSA) is 186 Å². The molecule has 0 spiro atoms. The van der Waals surface area contributed by atoms with E-state index in [-0.39, 0.29) is 32.5 Å². The summed E-state index contributed by atoms with van der Waals surface area (Å²) in [7, 11) is 0. The molecule has 0 radical (unpaired) electrons. The van der Waals surface area contributed by atoms with E-state index in [1.165, 1.54) is 17.7 Å². The van der Waals surface area contributed by atoms with Crippen LogP contribution in [0.2, 0.25) is 0 Å². The van der Waals surface area contributed by atoms with Gasteiger partial charge in [0.25, 0.3) is 5.56 Å². The minimum absolute atomic E-state index is 0.120. The van der Waals surface area contributed by atoms with Gasteiger partial charge in [0.05, 0.1) is 12.6 Å². The molecule has 1 aromatic rings. The number of ether oxygens (including phenoxy) is 3. The third-order valence-corrected chi connectivity index (χ3v) is 3.98. The van der Waals surface area contributed by atoms with Crippen molar-refractivity contribution in [3.8, 4) is 0 Å². The zero-order valence-electron chi connectivity index (χ0n) is 14.9. The smallest absolute Gasteiger partial charge is 0.481 e. The quantitative estimate of drug-likeness (QED) is 0.212. The van der Waals surface area contributed by atoms with Gasteiger partial charge in [-0.2, -0.15) is 0 Å². The van der Waals surface area contributed by atoms with Crippen molar-refractivity contribution in [3.63, 3.8) is 0 Å². The third-order valence-electron chi connectivity index (χ3n) is 3.98. The highest BCUT2D eigenvalue weighted by Gasteiger charge is 2.37. The Morgan fingerprint density at radius 2 is 2.21 bits per heavy atom. The molecular weight excluding hydrogens is 378 g/mol. The maximum Gasteiger partial charge on any atom is 0.508 e. The molecule has 13 nitrogen and oxygen atoms in total. The molecule has 13 heteroatoms. The summed E-state index contributed by atoms with van der Waals surface area (Å²) in [5.41, 5.74) is 7.81. The molecule has 3 atom stereocenters. The van der Waals surface area contributed by atoms with Crippen molar-refractivity contribution in [2.75, 3.05) is 13.2 Å². The number of hydrogen-bond donors (Lipinski definition) is 2. The van der Waals surface area contributed by atoms with Gasteiger partial charge in [0, 0.05) is 29.5 Å². The molecule has 1 aliphatic rings. The Morgan fingerprint density at radius 1 is 1.46 bits per heavy atom. The molecule has 1 saturated heterocycles. The molecule has 0 saturated carbocycles. The summed E-state index contributed by atoms with van der Waals surface area (Å²) in [6, 6.07) is -0.714. The molecule has 1 aromatic heterocycles. The average molecular weight is 397 g/mol. The summed E-state index contributed by atoms with van der Waals surface area (Å²) >= 11 is 0. The molecule has 0 amide bonds. The lowest BCUT2D eigenvalue weighted by Gasteiger charge is -2.16. The van der Waals surface area contributed by atoms with Crippen molar-refractivity contribution >= 4 is 12.1 Å². The van der Waals surface area contributed by atoms with Crippen molar-refractivity contribution in [2.24, 2.45) is 5.11 Å². The number of nitrogens with zero attached hydrogens (tertiary/aromatic N) is 4. The van der Waals surface area contributed by atoms with Gasteiger partial charge >= 0.3 is 17.8 Å². The number of carbonyl (C=O) groups excluding carboxylic acids is 1. The van der Waals surface area contributed by atoms with Crippen LogP contribution in [0.1, 0.15) is 31.1 Å². The molecule has 2 rings (SSSR count). The maximum absolute atomic E-state index is 12.0. The zero-order valence-corrected chi connectivity index (χ0v) is 14.9. The second kappa shape index (κ2) is 9.58. The number of nitrogens with one attached hydrogen (secondary N) is 1. The van der Waals surface area contributed by atoms with E-state index in [9.17, 15) is 19.2 Å². The lowest BCUT2D eigenvalue weighted by Crippen LogP contribution is -2.33. The van der Waals surface area contributed by atoms with Gasteiger partial charge in [0.1, 0.15) is 18.9 Å². The molecule has 2 heterocycles. The number of rotatable bonds is 8. The van der Waals surface area contributed by atoms with Gasteiger partial charge in [-0.15, -0.1) is 0 Å². The van der Waals surface area contributed by atoms with Crippen LogP contribution < -0.4 is 11.2 Å². The molecular formula is C15H19N5O8. The predicted octanol–water partition coefficient (Wildman–Crippen LogP) is 0.829. The number of aliphatic carboxylic acids is 1.